The van der Waals surface area contributed by atoms with Gasteiger partial charge in [-0.05, 0) is 48.9 Å². The second-order valence-corrected chi connectivity index (χ2v) is 5.74. The van der Waals surface area contributed by atoms with Crippen LogP contribution in [0.2, 0.25) is 10.0 Å². The number of amides is 1. The van der Waals surface area contributed by atoms with Gasteiger partial charge in [0.2, 0.25) is 0 Å². The fourth-order valence-electron chi connectivity index (χ4n) is 2.14. The number of hydrogen-bond acceptors (Lipinski definition) is 3. The molecule has 5 N–H and O–H groups in total. The molecule has 0 fully saturated rings. The third-order valence-electron chi connectivity index (χ3n) is 3.27. The predicted molar refractivity (Wildman–Crippen MR) is 91.2 cm³/mol. The number of nitrogens with two attached hydrogens (primary N) is 2. The zero-order valence-corrected chi connectivity index (χ0v) is 13.4. The molecule has 2 aromatic carbocycles. The minimum atomic E-state index is -0.234. The van der Waals surface area contributed by atoms with Gasteiger partial charge < -0.3 is 16.8 Å². The summed E-state index contributed by atoms with van der Waals surface area (Å²) in [5.41, 5.74) is 13.1. The third-order valence-corrected chi connectivity index (χ3v) is 3.85. The number of rotatable bonds is 5. The second-order valence-electron chi connectivity index (χ2n) is 4.89. The summed E-state index contributed by atoms with van der Waals surface area (Å²) in [6, 6.07) is 11.9. The Morgan fingerprint density at radius 2 is 1.95 bits per heavy atom. The van der Waals surface area contributed by atoms with Crippen molar-refractivity contribution in [2.45, 2.75) is 12.5 Å². The van der Waals surface area contributed by atoms with E-state index in [1.165, 1.54) is 0 Å². The van der Waals surface area contributed by atoms with Crippen LogP contribution in [0.3, 0.4) is 0 Å². The summed E-state index contributed by atoms with van der Waals surface area (Å²) < 4.78 is 0. The number of nitrogens with one attached hydrogen (secondary N) is 1. The van der Waals surface area contributed by atoms with Crippen LogP contribution < -0.4 is 16.8 Å². The lowest BCUT2D eigenvalue weighted by Crippen LogP contribution is -2.30. The molecule has 1 atom stereocenters. The van der Waals surface area contributed by atoms with Gasteiger partial charge in [-0.1, -0.05) is 35.3 Å². The summed E-state index contributed by atoms with van der Waals surface area (Å²) in [6.45, 7) is 0.445. The van der Waals surface area contributed by atoms with Gasteiger partial charge in [-0.2, -0.15) is 0 Å². The van der Waals surface area contributed by atoms with Gasteiger partial charge in [0.25, 0.3) is 5.91 Å². The van der Waals surface area contributed by atoms with Crippen LogP contribution in [0.15, 0.2) is 42.5 Å². The second kappa shape index (κ2) is 7.49. The number of hydrogen-bond donors (Lipinski definition) is 3. The first-order valence-corrected chi connectivity index (χ1v) is 7.58. The highest BCUT2D eigenvalue weighted by molar-refractivity contribution is 6.33. The predicted octanol–water partition coefficient (Wildman–Crippen LogP) is 3.40. The number of carbonyl (C=O) groups is 1. The summed E-state index contributed by atoms with van der Waals surface area (Å²) >= 11 is 11.9. The van der Waals surface area contributed by atoms with E-state index in [-0.39, 0.29) is 11.9 Å². The van der Waals surface area contributed by atoms with Gasteiger partial charge in [0, 0.05) is 10.6 Å². The zero-order chi connectivity index (χ0) is 16.1. The fourth-order valence-corrected chi connectivity index (χ4v) is 2.46. The van der Waals surface area contributed by atoms with E-state index in [4.69, 9.17) is 34.7 Å². The van der Waals surface area contributed by atoms with Gasteiger partial charge in [0.1, 0.15) is 0 Å². The van der Waals surface area contributed by atoms with Crippen LogP contribution in [0.5, 0.6) is 0 Å². The monoisotopic (exact) mass is 337 g/mol. The summed E-state index contributed by atoms with van der Waals surface area (Å²) in [5.74, 6) is -0.234. The molecule has 0 bridgehead atoms. The summed E-state index contributed by atoms with van der Waals surface area (Å²) in [5, 5.41) is 3.98. The highest BCUT2D eigenvalue weighted by atomic mass is 35.5. The van der Waals surface area contributed by atoms with Crippen molar-refractivity contribution < 1.29 is 4.79 Å². The summed E-state index contributed by atoms with van der Waals surface area (Å²) in [4.78, 5) is 12.4. The Hall–Kier alpha value is -1.75. The first-order chi connectivity index (χ1) is 10.5. The van der Waals surface area contributed by atoms with Gasteiger partial charge in [-0.3, -0.25) is 4.79 Å². The lowest BCUT2D eigenvalue weighted by atomic mass is 10.0. The standard InChI is InChI=1S/C16H17Cl2N3O/c17-12-3-1-2-10(8-12)15(6-7-19)21-16(22)11-4-5-13(18)14(20)9-11/h1-5,8-9,15H,6-7,19-20H2,(H,21,22)/t15-/m0/s1. The molecule has 22 heavy (non-hydrogen) atoms. The maximum atomic E-state index is 12.4. The third kappa shape index (κ3) is 4.13. The Bertz CT molecular complexity index is 676. The average Bonchev–Trinajstić information content (AvgIpc) is 2.49. The number of halogens is 2. The van der Waals surface area contributed by atoms with Gasteiger partial charge in [0.05, 0.1) is 16.8 Å². The zero-order valence-electron chi connectivity index (χ0n) is 11.9. The van der Waals surface area contributed by atoms with Crippen molar-refractivity contribution in [2.75, 3.05) is 12.3 Å². The number of anilines is 1. The first kappa shape index (κ1) is 16.6. The Balaban J connectivity index is 2.20. The Labute approximate surface area is 139 Å². The Morgan fingerprint density at radius 1 is 1.18 bits per heavy atom. The molecular weight excluding hydrogens is 321 g/mol. The molecular formula is C16H17Cl2N3O. The molecule has 116 valence electrons. The van der Waals surface area contributed by atoms with Crippen molar-refractivity contribution in [2.24, 2.45) is 5.73 Å². The molecule has 0 saturated heterocycles. The molecule has 1 amide bonds. The first-order valence-electron chi connectivity index (χ1n) is 6.82. The van der Waals surface area contributed by atoms with Crippen molar-refractivity contribution in [1.29, 1.82) is 0 Å². The highest BCUT2D eigenvalue weighted by Crippen LogP contribution is 2.22. The van der Waals surface area contributed by atoms with Crippen molar-refractivity contribution in [1.82, 2.24) is 5.32 Å². The van der Waals surface area contributed by atoms with E-state index in [0.29, 0.717) is 34.3 Å². The van der Waals surface area contributed by atoms with Gasteiger partial charge in [-0.25, -0.2) is 0 Å². The molecule has 0 saturated carbocycles. The molecule has 0 aromatic heterocycles. The number of nitrogen functional groups attached to an aromatic ring is 1. The van der Waals surface area contributed by atoms with Crippen LogP contribution >= 0.6 is 23.2 Å². The molecule has 4 nitrogen and oxygen atoms in total. The quantitative estimate of drug-likeness (QED) is 0.731. The lowest BCUT2D eigenvalue weighted by Gasteiger charge is -2.19. The molecule has 0 unspecified atom stereocenters. The van der Waals surface area contributed by atoms with Crippen molar-refractivity contribution in [3.63, 3.8) is 0 Å². The molecule has 6 heteroatoms. The molecule has 0 heterocycles. The maximum Gasteiger partial charge on any atom is 0.251 e. The van der Waals surface area contributed by atoms with Crippen LogP contribution in [-0.2, 0) is 0 Å². The smallest absolute Gasteiger partial charge is 0.251 e. The molecule has 0 aliphatic carbocycles. The summed E-state index contributed by atoms with van der Waals surface area (Å²) in [7, 11) is 0. The van der Waals surface area contributed by atoms with Crippen LogP contribution in [0, 0.1) is 0 Å². The van der Waals surface area contributed by atoms with Crippen molar-refractivity contribution >= 4 is 34.8 Å². The van der Waals surface area contributed by atoms with E-state index in [1.54, 1.807) is 24.3 Å². The number of carbonyl (C=O) groups excluding carboxylic acids is 1. The topological polar surface area (TPSA) is 81.1 Å². The largest absolute Gasteiger partial charge is 0.398 e. The number of benzene rings is 2. The molecule has 2 aromatic rings. The molecule has 2 rings (SSSR count). The Morgan fingerprint density at radius 3 is 2.59 bits per heavy atom. The van der Waals surface area contributed by atoms with Gasteiger partial charge >= 0.3 is 0 Å². The maximum absolute atomic E-state index is 12.4. The molecule has 0 aliphatic heterocycles. The van der Waals surface area contributed by atoms with Crippen molar-refractivity contribution in [3.05, 3.63) is 63.6 Å². The van der Waals surface area contributed by atoms with Crippen LogP contribution in [-0.4, -0.2) is 12.5 Å². The lowest BCUT2D eigenvalue weighted by molar-refractivity contribution is 0.0935. The Kier molecular flexibility index (Phi) is 5.66. The highest BCUT2D eigenvalue weighted by Gasteiger charge is 2.16. The van der Waals surface area contributed by atoms with Crippen LogP contribution in [0.25, 0.3) is 0 Å². The fraction of sp³-hybridized carbons (Fsp3) is 0.188. The van der Waals surface area contributed by atoms with Crippen LogP contribution in [0.4, 0.5) is 5.69 Å². The average molecular weight is 338 g/mol. The van der Waals surface area contributed by atoms with Crippen molar-refractivity contribution in [3.8, 4) is 0 Å². The molecule has 0 aliphatic rings. The van der Waals surface area contributed by atoms with Crippen LogP contribution in [0.1, 0.15) is 28.4 Å². The normalized spacial score (nSPS) is 12.0. The van der Waals surface area contributed by atoms with E-state index < -0.39 is 0 Å². The van der Waals surface area contributed by atoms with Gasteiger partial charge in [-0.15, -0.1) is 0 Å². The van der Waals surface area contributed by atoms with E-state index in [0.717, 1.165) is 5.56 Å². The van der Waals surface area contributed by atoms with Gasteiger partial charge in [0.15, 0.2) is 0 Å². The molecule has 0 spiro atoms. The molecule has 0 radical (unpaired) electrons. The van der Waals surface area contributed by atoms with E-state index in [2.05, 4.69) is 5.32 Å². The van der Waals surface area contributed by atoms with E-state index in [9.17, 15) is 4.79 Å². The van der Waals surface area contributed by atoms with E-state index in [1.807, 2.05) is 18.2 Å². The van der Waals surface area contributed by atoms with E-state index >= 15 is 0 Å². The SMILES string of the molecule is NCC[C@H](NC(=O)c1ccc(Cl)c(N)c1)c1cccc(Cl)c1. The minimum absolute atomic E-state index is 0.215. The summed E-state index contributed by atoms with van der Waals surface area (Å²) in [6.07, 6.45) is 0.606. The minimum Gasteiger partial charge on any atom is -0.398 e.